The van der Waals surface area contributed by atoms with Gasteiger partial charge in [-0.15, -0.1) is 6.58 Å². The lowest BCUT2D eigenvalue weighted by molar-refractivity contribution is -0.118. The van der Waals surface area contributed by atoms with Crippen LogP contribution in [0.2, 0.25) is 0 Å². The van der Waals surface area contributed by atoms with Crippen molar-refractivity contribution in [3.8, 4) is 0 Å². The van der Waals surface area contributed by atoms with Crippen molar-refractivity contribution in [1.82, 2.24) is 0 Å². The quantitative estimate of drug-likeness (QED) is 0.415. The van der Waals surface area contributed by atoms with Gasteiger partial charge in [0.1, 0.15) is 0 Å². The molecule has 3 nitrogen and oxygen atoms in total. The van der Waals surface area contributed by atoms with Crippen LogP contribution in [0, 0.1) is 11.3 Å². The highest BCUT2D eigenvalue weighted by Gasteiger charge is 2.11. The van der Waals surface area contributed by atoms with Gasteiger partial charge in [0.2, 0.25) is 5.91 Å². The van der Waals surface area contributed by atoms with Gasteiger partial charge in [0, 0.05) is 5.71 Å². The van der Waals surface area contributed by atoms with Crippen molar-refractivity contribution in [2.24, 2.45) is 11.7 Å². The molecule has 0 rings (SSSR count). The van der Waals surface area contributed by atoms with E-state index >= 15 is 0 Å². The lowest BCUT2D eigenvalue weighted by Gasteiger charge is -2.02. The minimum absolute atomic E-state index is 0.234. The molecule has 0 aliphatic carbocycles. The number of carbonyl (C=O) groups is 1. The summed E-state index contributed by atoms with van der Waals surface area (Å²) in [5.74, 6) is -1.11. The third-order valence-electron chi connectivity index (χ3n) is 1.01. The van der Waals surface area contributed by atoms with Crippen LogP contribution in [0.25, 0.3) is 0 Å². The molecular weight excluding hydrogens is 116 g/mol. The zero-order chi connectivity index (χ0) is 7.44. The smallest absolute Gasteiger partial charge is 0.230 e. The zero-order valence-corrected chi connectivity index (χ0v) is 5.35. The molecule has 1 atom stereocenters. The van der Waals surface area contributed by atoms with Gasteiger partial charge < -0.3 is 11.1 Å². The van der Waals surface area contributed by atoms with E-state index in [0.29, 0.717) is 0 Å². The molecular formula is C6H10N2O. The molecule has 3 N–H and O–H groups in total. The van der Waals surface area contributed by atoms with E-state index in [0.717, 1.165) is 0 Å². The molecule has 3 heteroatoms. The van der Waals surface area contributed by atoms with Crippen molar-refractivity contribution in [3.63, 3.8) is 0 Å². The van der Waals surface area contributed by atoms with E-state index in [-0.39, 0.29) is 5.71 Å². The molecule has 0 heterocycles. The Kier molecular flexibility index (Phi) is 2.64. The number of primary amides is 1. The average molecular weight is 126 g/mol. The van der Waals surface area contributed by atoms with Crippen LogP contribution in [0.5, 0.6) is 0 Å². The average Bonchev–Trinajstić information content (AvgIpc) is 1.64. The molecule has 0 saturated heterocycles. The number of nitrogens with one attached hydrogen (secondary N) is 1. The second-order valence-electron chi connectivity index (χ2n) is 1.80. The van der Waals surface area contributed by atoms with Gasteiger partial charge in [0.05, 0.1) is 5.92 Å². The number of rotatable bonds is 3. The summed E-state index contributed by atoms with van der Waals surface area (Å²) in [5.41, 5.74) is 5.13. The molecule has 0 aliphatic heterocycles. The van der Waals surface area contributed by atoms with E-state index in [1.165, 1.54) is 13.0 Å². The summed E-state index contributed by atoms with van der Waals surface area (Å²) in [4.78, 5) is 10.4. The second kappa shape index (κ2) is 3.02. The van der Waals surface area contributed by atoms with Gasteiger partial charge in [-0.1, -0.05) is 6.08 Å². The Balaban J connectivity index is 4.16. The highest BCUT2D eigenvalue weighted by Crippen LogP contribution is 1.96. The summed E-state index contributed by atoms with van der Waals surface area (Å²) in [6.07, 6.45) is 1.37. The van der Waals surface area contributed by atoms with Gasteiger partial charge in [-0.2, -0.15) is 0 Å². The number of amides is 1. The summed E-state index contributed by atoms with van der Waals surface area (Å²) in [5, 5.41) is 7.01. The summed E-state index contributed by atoms with van der Waals surface area (Å²) in [6.45, 7) is 4.89. The maximum absolute atomic E-state index is 10.4. The first-order chi connectivity index (χ1) is 4.09. The topological polar surface area (TPSA) is 66.9 Å². The molecule has 1 amide bonds. The van der Waals surface area contributed by atoms with E-state index in [1.54, 1.807) is 0 Å². The molecule has 0 saturated carbocycles. The fourth-order valence-corrected chi connectivity index (χ4v) is 0.506. The normalized spacial score (nSPS) is 12.1. The van der Waals surface area contributed by atoms with E-state index in [2.05, 4.69) is 6.58 Å². The lowest BCUT2D eigenvalue weighted by atomic mass is 10.1. The van der Waals surface area contributed by atoms with Crippen LogP contribution in [-0.4, -0.2) is 11.6 Å². The van der Waals surface area contributed by atoms with E-state index in [4.69, 9.17) is 11.1 Å². The van der Waals surface area contributed by atoms with Crippen molar-refractivity contribution in [2.45, 2.75) is 6.92 Å². The van der Waals surface area contributed by atoms with Crippen molar-refractivity contribution < 1.29 is 4.79 Å². The first-order valence-electron chi connectivity index (χ1n) is 2.56. The molecule has 0 aromatic rings. The van der Waals surface area contributed by atoms with Crippen LogP contribution in [0.15, 0.2) is 12.7 Å². The molecule has 0 radical (unpaired) electrons. The Morgan fingerprint density at radius 3 is 2.33 bits per heavy atom. The Labute approximate surface area is 54.1 Å². The van der Waals surface area contributed by atoms with Gasteiger partial charge in [-0.25, -0.2) is 0 Å². The number of carbonyl (C=O) groups excluding carboxylic acids is 1. The van der Waals surface area contributed by atoms with Gasteiger partial charge in [-0.05, 0) is 6.92 Å². The largest absolute Gasteiger partial charge is 0.369 e. The maximum Gasteiger partial charge on any atom is 0.230 e. The third-order valence-corrected chi connectivity index (χ3v) is 1.01. The third kappa shape index (κ3) is 2.08. The summed E-state index contributed by atoms with van der Waals surface area (Å²) >= 11 is 0. The molecule has 0 spiro atoms. The summed E-state index contributed by atoms with van der Waals surface area (Å²) in [7, 11) is 0. The van der Waals surface area contributed by atoms with Gasteiger partial charge in [0.15, 0.2) is 0 Å². The van der Waals surface area contributed by atoms with Crippen molar-refractivity contribution in [1.29, 1.82) is 5.41 Å². The van der Waals surface area contributed by atoms with Gasteiger partial charge in [-0.3, -0.25) is 4.79 Å². The minimum Gasteiger partial charge on any atom is -0.369 e. The highest BCUT2D eigenvalue weighted by molar-refractivity contribution is 6.02. The Morgan fingerprint density at radius 1 is 1.89 bits per heavy atom. The Morgan fingerprint density at radius 2 is 2.33 bits per heavy atom. The van der Waals surface area contributed by atoms with Crippen LogP contribution in [0.1, 0.15) is 6.92 Å². The lowest BCUT2D eigenvalue weighted by Crippen LogP contribution is -2.26. The minimum atomic E-state index is -0.593. The standard InChI is InChI=1S/C6H10N2O/c1-3-5(4(2)7)6(8)9/h3,5,7H,1H2,2H3,(H2,8,9). The van der Waals surface area contributed by atoms with E-state index in [1.807, 2.05) is 0 Å². The molecule has 0 aliphatic rings. The molecule has 50 valence electrons. The van der Waals surface area contributed by atoms with Crippen LogP contribution < -0.4 is 5.73 Å². The van der Waals surface area contributed by atoms with Crippen LogP contribution >= 0.6 is 0 Å². The van der Waals surface area contributed by atoms with E-state index in [9.17, 15) is 4.79 Å². The molecule has 0 bridgehead atoms. The Bertz CT molecular complexity index is 137. The Hall–Kier alpha value is -1.12. The van der Waals surface area contributed by atoms with Crippen molar-refractivity contribution in [2.75, 3.05) is 0 Å². The predicted molar refractivity (Wildman–Crippen MR) is 36.3 cm³/mol. The van der Waals surface area contributed by atoms with Crippen molar-refractivity contribution in [3.05, 3.63) is 12.7 Å². The van der Waals surface area contributed by atoms with E-state index < -0.39 is 11.8 Å². The summed E-state index contributed by atoms with van der Waals surface area (Å²) in [6, 6.07) is 0. The predicted octanol–water partition coefficient (Wildman–Crippen LogP) is 0.314. The van der Waals surface area contributed by atoms with Crippen LogP contribution in [0.4, 0.5) is 0 Å². The summed E-state index contributed by atoms with van der Waals surface area (Å²) < 4.78 is 0. The van der Waals surface area contributed by atoms with Gasteiger partial charge >= 0.3 is 0 Å². The first kappa shape index (κ1) is 7.88. The second-order valence-corrected chi connectivity index (χ2v) is 1.80. The zero-order valence-electron chi connectivity index (χ0n) is 5.35. The first-order valence-corrected chi connectivity index (χ1v) is 2.56. The number of hydrogen-bond acceptors (Lipinski definition) is 2. The monoisotopic (exact) mass is 126 g/mol. The van der Waals surface area contributed by atoms with Crippen molar-refractivity contribution >= 4 is 11.6 Å². The number of nitrogens with two attached hydrogens (primary N) is 1. The fraction of sp³-hybridized carbons (Fsp3) is 0.333. The molecule has 0 fully saturated rings. The molecule has 0 aromatic carbocycles. The number of hydrogen-bond donors (Lipinski definition) is 2. The maximum atomic E-state index is 10.4. The van der Waals surface area contributed by atoms with Crippen LogP contribution in [0.3, 0.4) is 0 Å². The molecule has 1 unspecified atom stereocenters. The van der Waals surface area contributed by atoms with Crippen LogP contribution in [-0.2, 0) is 4.79 Å². The fourth-order valence-electron chi connectivity index (χ4n) is 0.506. The molecule has 0 aromatic heterocycles. The SMILES string of the molecule is C=CC(C(C)=N)C(N)=O. The van der Waals surface area contributed by atoms with Gasteiger partial charge in [0.25, 0.3) is 0 Å². The highest BCUT2D eigenvalue weighted by atomic mass is 16.1. The molecule has 9 heavy (non-hydrogen) atoms.